The zero-order valence-electron chi connectivity index (χ0n) is 20.5. The van der Waals surface area contributed by atoms with Crippen molar-refractivity contribution in [2.45, 2.75) is 26.8 Å². The number of ether oxygens (including phenoxy) is 3. The zero-order valence-corrected chi connectivity index (χ0v) is 21.3. The summed E-state index contributed by atoms with van der Waals surface area (Å²) in [5.74, 6) is 0.868. The Morgan fingerprint density at radius 3 is 2.56 bits per heavy atom. The quantitative estimate of drug-likeness (QED) is 0.328. The Kier molecular flexibility index (Phi) is 7.85. The van der Waals surface area contributed by atoms with E-state index >= 15 is 0 Å². The third-order valence-electron chi connectivity index (χ3n) is 5.59. The molecule has 0 unspecified atom stereocenters. The molecule has 0 bridgehead atoms. The van der Waals surface area contributed by atoms with Gasteiger partial charge in [-0.05, 0) is 50.6 Å². The van der Waals surface area contributed by atoms with Gasteiger partial charge in [-0.15, -0.1) is 0 Å². The van der Waals surface area contributed by atoms with Gasteiger partial charge in [-0.25, -0.2) is 9.79 Å². The van der Waals surface area contributed by atoms with Crippen LogP contribution < -0.4 is 24.4 Å². The molecule has 0 aliphatic carbocycles. The van der Waals surface area contributed by atoms with Crippen LogP contribution in [0.4, 0.5) is 0 Å². The zero-order chi connectivity index (χ0) is 25.7. The fraction of sp³-hybridized carbons (Fsp3) is 0.250. The van der Waals surface area contributed by atoms with Crippen molar-refractivity contribution < 1.29 is 19.0 Å². The fourth-order valence-corrected chi connectivity index (χ4v) is 5.08. The number of benzene rings is 2. The van der Waals surface area contributed by atoms with E-state index in [9.17, 15) is 9.59 Å². The molecule has 0 amide bonds. The smallest absolute Gasteiger partial charge is 0.338 e. The van der Waals surface area contributed by atoms with Gasteiger partial charge in [0.15, 0.2) is 4.80 Å². The molecule has 0 saturated carbocycles. The molecule has 186 valence electrons. The number of fused-ring (bicyclic) bond motifs is 1. The van der Waals surface area contributed by atoms with Gasteiger partial charge in [0, 0.05) is 5.56 Å². The molecule has 1 aromatic heterocycles. The van der Waals surface area contributed by atoms with Gasteiger partial charge >= 0.3 is 5.97 Å². The lowest BCUT2D eigenvalue weighted by molar-refractivity contribution is -0.139. The summed E-state index contributed by atoms with van der Waals surface area (Å²) in [4.78, 5) is 31.9. The average molecular weight is 505 g/mol. The Bertz CT molecular complexity index is 1480. The molecule has 1 aliphatic heterocycles. The van der Waals surface area contributed by atoms with E-state index in [1.54, 1.807) is 30.6 Å². The number of allylic oxidation sites excluding steroid dienone is 1. The van der Waals surface area contributed by atoms with E-state index in [2.05, 4.69) is 11.6 Å². The standard InChI is InChI=1S/C28H28N2O5S/c1-5-16-35-22-11-9-8-10-20(22)17-23-26(31)30-25(19-12-14-21(15-13-19)33-6-2)24(27(32)34-7-3)18(4)29-28(30)36-23/h5,8-15,17,25H,1,6-7,16H2,2-4H3/b23-17-/t25-/m0/s1. The molecule has 2 heterocycles. The van der Waals surface area contributed by atoms with Gasteiger partial charge in [0.25, 0.3) is 5.56 Å². The van der Waals surface area contributed by atoms with Gasteiger partial charge in [-0.3, -0.25) is 9.36 Å². The van der Waals surface area contributed by atoms with Crippen LogP contribution >= 0.6 is 11.3 Å². The van der Waals surface area contributed by atoms with Crippen molar-refractivity contribution in [3.8, 4) is 11.5 Å². The topological polar surface area (TPSA) is 79.1 Å². The summed E-state index contributed by atoms with van der Waals surface area (Å²) in [5.41, 5.74) is 2.15. The van der Waals surface area contributed by atoms with Crippen molar-refractivity contribution in [3.05, 3.63) is 103 Å². The van der Waals surface area contributed by atoms with Crippen LogP contribution in [0.2, 0.25) is 0 Å². The number of hydrogen-bond donors (Lipinski definition) is 0. The maximum absolute atomic E-state index is 13.8. The second-order valence-corrected chi connectivity index (χ2v) is 8.95. The molecule has 7 nitrogen and oxygen atoms in total. The van der Waals surface area contributed by atoms with E-state index in [1.807, 2.05) is 55.5 Å². The van der Waals surface area contributed by atoms with E-state index in [1.165, 1.54) is 11.3 Å². The number of carbonyl (C=O) groups excluding carboxylic acids is 1. The van der Waals surface area contributed by atoms with Gasteiger partial charge in [0.1, 0.15) is 18.1 Å². The number of esters is 1. The summed E-state index contributed by atoms with van der Waals surface area (Å²) in [7, 11) is 0. The van der Waals surface area contributed by atoms with Crippen molar-refractivity contribution in [2.75, 3.05) is 19.8 Å². The Labute approximate surface area is 213 Å². The predicted molar refractivity (Wildman–Crippen MR) is 140 cm³/mol. The monoisotopic (exact) mass is 504 g/mol. The third kappa shape index (κ3) is 5.04. The molecule has 1 atom stereocenters. The summed E-state index contributed by atoms with van der Waals surface area (Å²) in [5, 5.41) is 0. The highest BCUT2D eigenvalue weighted by Gasteiger charge is 2.33. The highest BCUT2D eigenvalue weighted by Crippen LogP contribution is 2.31. The van der Waals surface area contributed by atoms with Crippen molar-refractivity contribution >= 4 is 23.4 Å². The van der Waals surface area contributed by atoms with E-state index < -0.39 is 12.0 Å². The fourth-order valence-electron chi connectivity index (χ4n) is 4.04. The lowest BCUT2D eigenvalue weighted by atomic mass is 9.96. The molecule has 0 saturated heterocycles. The number of rotatable bonds is 9. The first-order valence-electron chi connectivity index (χ1n) is 11.7. The summed E-state index contributed by atoms with van der Waals surface area (Å²) in [6.45, 7) is 10.2. The van der Waals surface area contributed by atoms with Gasteiger partial charge < -0.3 is 14.2 Å². The molecular formula is C28H28N2O5S. The molecule has 0 spiro atoms. The molecule has 2 aromatic carbocycles. The lowest BCUT2D eigenvalue weighted by Gasteiger charge is -2.24. The summed E-state index contributed by atoms with van der Waals surface area (Å²) >= 11 is 1.27. The van der Waals surface area contributed by atoms with Crippen LogP contribution in [0.1, 0.15) is 37.9 Å². The summed E-state index contributed by atoms with van der Waals surface area (Å²) in [6.07, 6.45) is 3.46. The second-order valence-electron chi connectivity index (χ2n) is 7.94. The van der Waals surface area contributed by atoms with Crippen molar-refractivity contribution in [3.63, 3.8) is 0 Å². The van der Waals surface area contributed by atoms with Gasteiger partial charge in [-0.1, -0.05) is 54.3 Å². The summed E-state index contributed by atoms with van der Waals surface area (Å²) < 4.78 is 18.7. The maximum Gasteiger partial charge on any atom is 0.338 e. The van der Waals surface area contributed by atoms with Crippen LogP contribution in [0, 0.1) is 0 Å². The third-order valence-corrected chi connectivity index (χ3v) is 6.57. The van der Waals surface area contributed by atoms with Crippen LogP contribution in [0.15, 0.2) is 82.2 Å². The lowest BCUT2D eigenvalue weighted by Crippen LogP contribution is -2.39. The molecule has 0 fully saturated rings. The second kappa shape index (κ2) is 11.2. The highest BCUT2D eigenvalue weighted by atomic mass is 32.1. The molecule has 3 aromatic rings. The minimum Gasteiger partial charge on any atom is -0.494 e. The van der Waals surface area contributed by atoms with Crippen LogP contribution in [0.5, 0.6) is 11.5 Å². The molecule has 36 heavy (non-hydrogen) atoms. The van der Waals surface area contributed by atoms with E-state index in [-0.39, 0.29) is 12.2 Å². The molecule has 8 heteroatoms. The molecule has 0 radical (unpaired) electrons. The Balaban J connectivity index is 1.90. The number of para-hydroxylation sites is 1. The number of aromatic nitrogens is 1. The first kappa shape index (κ1) is 25.2. The molecule has 4 rings (SSSR count). The Hall–Kier alpha value is -3.91. The average Bonchev–Trinajstić information content (AvgIpc) is 3.17. The van der Waals surface area contributed by atoms with Crippen molar-refractivity contribution in [2.24, 2.45) is 4.99 Å². The normalized spacial score (nSPS) is 15.2. The Morgan fingerprint density at radius 1 is 1.11 bits per heavy atom. The van der Waals surface area contributed by atoms with Gasteiger partial charge in [-0.2, -0.15) is 0 Å². The number of nitrogens with zero attached hydrogens (tertiary/aromatic N) is 2. The SMILES string of the molecule is C=CCOc1ccccc1/C=c1\sc2n(c1=O)[C@@H](c1ccc(OCC)cc1)C(C(=O)OCC)=C(C)N=2. The molecule has 1 aliphatic rings. The summed E-state index contributed by atoms with van der Waals surface area (Å²) in [6, 6.07) is 14.2. The number of hydrogen-bond acceptors (Lipinski definition) is 7. The minimum atomic E-state index is -0.676. The minimum absolute atomic E-state index is 0.220. The van der Waals surface area contributed by atoms with Crippen molar-refractivity contribution in [1.29, 1.82) is 0 Å². The Morgan fingerprint density at radius 2 is 1.86 bits per heavy atom. The maximum atomic E-state index is 13.8. The predicted octanol–water partition coefficient (Wildman–Crippen LogP) is 3.76. The van der Waals surface area contributed by atoms with E-state index in [0.717, 1.165) is 11.1 Å². The number of thiazole rings is 1. The molecular weight excluding hydrogens is 476 g/mol. The van der Waals surface area contributed by atoms with Gasteiger partial charge in [0.2, 0.25) is 0 Å². The number of carbonyl (C=O) groups is 1. The van der Waals surface area contributed by atoms with Crippen LogP contribution in [0.3, 0.4) is 0 Å². The largest absolute Gasteiger partial charge is 0.494 e. The van der Waals surface area contributed by atoms with E-state index in [0.29, 0.717) is 45.3 Å². The van der Waals surface area contributed by atoms with Crippen LogP contribution in [-0.2, 0) is 9.53 Å². The van der Waals surface area contributed by atoms with Crippen molar-refractivity contribution in [1.82, 2.24) is 4.57 Å². The molecule has 0 N–H and O–H groups in total. The van der Waals surface area contributed by atoms with E-state index in [4.69, 9.17) is 14.2 Å². The first-order chi connectivity index (χ1) is 17.5. The highest BCUT2D eigenvalue weighted by molar-refractivity contribution is 7.07. The first-order valence-corrected chi connectivity index (χ1v) is 12.5. The van der Waals surface area contributed by atoms with Crippen LogP contribution in [0.25, 0.3) is 6.08 Å². The van der Waals surface area contributed by atoms with Crippen LogP contribution in [-0.4, -0.2) is 30.4 Å². The van der Waals surface area contributed by atoms with Gasteiger partial charge in [0.05, 0.1) is 35.1 Å².